The Morgan fingerprint density at radius 1 is 1.38 bits per heavy atom. The Balaban J connectivity index is 2.09. The average Bonchev–Trinajstić information content (AvgIpc) is 3.14. The molecule has 0 fully saturated rings. The topological polar surface area (TPSA) is 61.4 Å². The van der Waals surface area contributed by atoms with Crippen molar-refractivity contribution in [1.29, 1.82) is 0 Å². The number of aromatic nitrogens is 4. The van der Waals surface area contributed by atoms with Crippen LogP contribution < -0.4 is 5.56 Å². The summed E-state index contributed by atoms with van der Waals surface area (Å²) in [6, 6.07) is 0. The molecule has 0 unspecified atom stereocenters. The molecule has 0 radical (unpaired) electrons. The normalized spacial score (nSPS) is 20.8. The summed E-state index contributed by atoms with van der Waals surface area (Å²) in [6.07, 6.45) is 1.70. The maximum absolute atomic E-state index is 13.0. The second kappa shape index (κ2) is 5.57. The van der Waals surface area contributed by atoms with Crippen LogP contribution in [0.25, 0.3) is 16.0 Å². The van der Waals surface area contributed by atoms with Crippen molar-refractivity contribution in [3.05, 3.63) is 20.8 Å². The van der Waals surface area contributed by atoms with E-state index in [4.69, 9.17) is 4.74 Å². The Labute approximate surface area is 147 Å². The molecule has 4 heterocycles. The van der Waals surface area contributed by atoms with Gasteiger partial charge in [-0.15, -0.1) is 21.5 Å². The van der Waals surface area contributed by atoms with Crippen LogP contribution in [0.3, 0.4) is 0 Å². The smallest absolute Gasteiger partial charge is 0.263 e. The molecule has 0 amide bonds. The molecule has 6 nitrogen and oxygen atoms in total. The van der Waals surface area contributed by atoms with Gasteiger partial charge in [-0.25, -0.2) is 4.40 Å². The summed E-state index contributed by atoms with van der Waals surface area (Å²) >= 11 is 3.28. The molecule has 3 aromatic heterocycles. The van der Waals surface area contributed by atoms with E-state index in [9.17, 15) is 4.79 Å². The molecule has 0 spiro atoms. The van der Waals surface area contributed by atoms with E-state index in [1.54, 1.807) is 34.7 Å². The number of hydrogen-bond acceptors (Lipinski definition) is 6. The highest BCUT2D eigenvalue weighted by atomic mass is 32.2. The van der Waals surface area contributed by atoms with E-state index in [-0.39, 0.29) is 11.2 Å². The molecule has 0 aliphatic carbocycles. The number of ether oxygens (including phenoxy) is 1. The first kappa shape index (κ1) is 16.1. The van der Waals surface area contributed by atoms with Gasteiger partial charge in [0.25, 0.3) is 5.56 Å². The number of rotatable bonds is 3. The Bertz CT molecular complexity index is 1000. The molecule has 0 aromatic carbocycles. The Kier molecular flexibility index (Phi) is 3.74. The molecule has 0 saturated carbocycles. The summed E-state index contributed by atoms with van der Waals surface area (Å²) in [5.74, 6) is 1.51. The first-order valence-corrected chi connectivity index (χ1v) is 9.94. The minimum atomic E-state index is -0.199. The maximum atomic E-state index is 13.0. The van der Waals surface area contributed by atoms with Crippen LogP contribution in [0.2, 0.25) is 0 Å². The third kappa shape index (κ3) is 2.16. The first-order valence-electron chi connectivity index (χ1n) is 8.14. The number of hydrogen-bond donors (Lipinski definition) is 0. The Morgan fingerprint density at radius 3 is 2.88 bits per heavy atom. The quantitative estimate of drug-likeness (QED) is 0.669. The largest absolute Gasteiger partial charge is 0.369 e. The lowest BCUT2D eigenvalue weighted by molar-refractivity contribution is -0.0543. The predicted molar refractivity (Wildman–Crippen MR) is 97.2 cm³/mol. The summed E-state index contributed by atoms with van der Waals surface area (Å²) < 4.78 is 9.70. The molecule has 3 aromatic rings. The number of aryl methyl sites for hydroxylation is 1. The molecule has 24 heavy (non-hydrogen) atoms. The number of thiophene rings is 1. The number of nitrogens with zero attached hydrogens (tertiary/aromatic N) is 4. The zero-order valence-corrected chi connectivity index (χ0v) is 15.9. The lowest BCUT2D eigenvalue weighted by Crippen LogP contribution is -2.34. The van der Waals surface area contributed by atoms with Gasteiger partial charge in [0.1, 0.15) is 4.83 Å². The van der Waals surface area contributed by atoms with Gasteiger partial charge in [-0.2, -0.15) is 0 Å². The van der Waals surface area contributed by atoms with Crippen molar-refractivity contribution >= 4 is 39.1 Å². The van der Waals surface area contributed by atoms with Gasteiger partial charge < -0.3 is 4.74 Å². The van der Waals surface area contributed by atoms with Gasteiger partial charge in [-0.1, -0.05) is 25.6 Å². The van der Waals surface area contributed by atoms with Crippen molar-refractivity contribution in [2.75, 3.05) is 5.75 Å². The van der Waals surface area contributed by atoms with E-state index >= 15 is 0 Å². The summed E-state index contributed by atoms with van der Waals surface area (Å²) in [4.78, 5) is 15.1. The van der Waals surface area contributed by atoms with E-state index in [0.29, 0.717) is 12.4 Å². The van der Waals surface area contributed by atoms with Gasteiger partial charge in [-0.3, -0.25) is 9.36 Å². The second-order valence-corrected chi connectivity index (χ2v) is 8.68. The van der Waals surface area contributed by atoms with Crippen LogP contribution in [-0.2, 0) is 24.8 Å². The molecule has 8 heteroatoms. The van der Waals surface area contributed by atoms with Gasteiger partial charge in [0.15, 0.2) is 5.16 Å². The summed E-state index contributed by atoms with van der Waals surface area (Å²) in [5.41, 5.74) is 0.958. The molecule has 128 valence electrons. The van der Waals surface area contributed by atoms with E-state index in [0.717, 1.165) is 44.4 Å². The third-order valence-electron chi connectivity index (χ3n) is 4.83. The van der Waals surface area contributed by atoms with Crippen LogP contribution in [0.15, 0.2) is 9.95 Å². The summed E-state index contributed by atoms with van der Waals surface area (Å²) in [7, 11) is 1.77. The van der Waals surface area contributed by atoms with Gasteiger partial charge in [0.05, 0.1) is 17.6 Å². The van der Waals surface area contributed by atoms with Crippen molar-refractivity contribution in [3.8, 4) is 0 Å². The Hall–Kier alpha value is -1.38. The van der Waals surface area contributed by atoms with Crippen LogP contribution in [0.1, 0.15) is 37.6 Å². The van der Waals surface area contributed by atoms with Crippen LogP contribution in [-0.4, -0.2) is 30.5 Å². The molecular weight excluding hydrogens is 344 g/mol. The van der Waals surface area contributed by atoms with Crippen LogP contribution in [0.4, 0.5) is 0 Å². The molecule has 0 bridgehead atoms. The summed E-state index contributed by atoms with van der Waals surface area (Å²) in [6.45, 7) is 6.91. The highest BCUT2D eigenvalue weighted by Gasteiger charge is 2.33. The van der Waals surface area contributed by atoms with Crippen LogP contribution in [0, 0.1) is 0 Å². The fraction of sp³-hybridized carbons (Fsp3) is 0.562. The van der Waals surface area contributed by atoms with Crippen LogP contribution in [0.5, 0.6) is 0 Å². The fourth-order valence-corrected chi connectivity index (χ4v) is 5.15. The monoisotopic (exact) mass is 364 g/mol. The van der Waals surface area contributed by atoms with Crippen LogP contribution >= 0.6 is 23.1 Å². The van der Waals surface area contributed by atoms with Gasteiger partial charge >= 0.3 is 0 Å². The SMILES string of the molecule is CCSc1nnc2n(C)c(=O)c3c4c(sc3n12)CO[C@](C)(CC)C4. The van der Waals surface area contributed by atoms with Crippen molar-refractivity contribution in [3.63, 3.8) is 0 Å². The van der Waals surface area contributed by atoms with Gasteiger partial charge in [0.2, 0.25) is 5.78 Å². The molecular formula is C16H20N4O2S2. The van der Waals surface area contributed by atoms with E-state index in [1.165, 1.54) is 0 Å². The van der Waals surface area contributed by atoms with Crippen molar-refractivity contribution < 1.29 is 4.74 Å². The van der Waals surface area contributed by atoms with Crippen molar-refractivity contribution in [2.45, 2.75) is 51.0 Å². The van der Waals surface area contributed by atoms with E-state index in [1.807, 2.05) is 4.40 Å². The minimum absolute atomic E-state index is 0.0100. The van der Waals surface area contributed by atoms with E-state index < -0.39 is 0 Å². The predicted octanol–water partition coefficient (Wildman–Crippen LogP) is 3.00. The minimum Gasteiger partial charge on any atom is -0.369 e. The maximum Gasteiger partial charge on any atom is 0.263 e. The third-order valence-corrected chi connectivity index (χ3v) is 6.84. The molecule has 0 saturated heterocycles. The average molecular weight is 364 g/mol. The first-order chi connectivity index (χ1) is 11.5. The summed E-state index contributed by atoms with van der Waals surface area (Å²) in [5, 5.41) is 10.2. The molecule has 1 aliphatic heterocycles. The van der Waals surface area contributed by atoms with Gasteiger partial charge in [-0.05, 0) is 24.7 Å². The Morgan fingerprint density at radius 2 is 2.17 bits per heavy atom. The van der Waals surface area contributed by atoms with E-state index in [2.05, 4.69) is 31.0 Å². The van der Waals surface area contributed by atoms with Crippen molar-refractivity contribution in [2.24, 2.45) is 7.05 Å². The number of fused-ring (bicyclic) bond motifs is 5. The molecule has 1 aliphatic rings. The second-order valence-electron chi connectivity index (χ2n) is 6.37. The number of thioether (sulfide) groups is 1. The zero-order valence-electron chi connectivity index (χ0n) is 14.3. The zero-order chi connectivity index (χ0) is 17.1. The standard InChI is InChI=1S/C16H20N4O2S2/c1-5-16(3)7-9-10(8-22-16)24-13-11(9)12(21)19(4)14-17-18-15(20(13)14)23-6-2/h5-8H2,1-4H3/t16-/m1/s1. The molecule has 1 atom stereocenters. The lowest BCUT2D eigenvalue weighted by Gasteiger charge is -2.32. The highest BCUT2D eigenvalue weighted by molar-refractivity contribution is 7.99. The highest BCUT2D eigenvalue weighted by Crippen LogP contribution is 2.39. The molecule has 0 N–H and O–H groups in total. The van der Waals surface area contributed by atoms with Crippen molar-refractivity contribution in [1.82, 2.24) is 19.2 Å². The molecule has 4 rings (SSSR count). The van der Waals surface area contributed by atoms with Gasteiger partial charge in [0, 0.05) is 18.3 Å². The lowest BCUT2D eigenvalue weighted by atomic mass is 9.90. The fourth-order valence-electron chi connectivity index (χ4n) is 3.21.